The molecule has 0 aliphatic rings. The molecule has 0 aliphatic carbocycles. The molecule has 0 nitrogen and oxygen atoms in total. The van der Waals surface area contributed by atoms with Crippen LogP contribution >= 0.6 is 11.6 Å². The molecule has 0 aromatic rings. The van der Waals surface area contributed by atoms with E-state index in [0.717, 1.165) is 0 Å². The molecule has 4 heavy (non-hydrogen) atoms. The van der Waals surface area contributed by atoms with E-state index < -0.39 is 0 Å². The van der Waals surface area contributed by atoms with Gasteiger partial charge in [0.25, 0.3) is 0 Å². The van der Waals surface area contributed by atoms with Crippen LogP contribution in [0.2, 0.25) is 0 Å². The molecular weight excluding hydrogens is 138 g/mol. The summed E-state index contributed by atoms with van der Waals surface area (Å²) in [5, 5.41) is 0. The van der Waals surface area contributed by atoms with Crippen LogP contribution in [0.25, 0.3) is 0 Å². The molecule has 0 aliphatic heterocycles. The van der Waals surface area contributed by atoms with Crippen molar-refractivity contribution in [1.29, 1.82) is 0 Å². The van der Waals surface area contributed by atoms with Gasteiger partial charge in [-0.05, 0) is 0 Å². The zero-order chi connectivity index (χ0) is 2.00. The maximum atomic E-state index is 4.39. The van der Waals surface area contributed by atoms with E-state index >= 15 is 0 Å². The quantitative estimate of drug-likeness (QED) is 0.342. The van der Waals surface area contributed by atoms with Crippen LogP contribution in [0.5, 0.6) is 0 Å². The Morgan fingerprint density at radius 3 is 1.25 bits per heavy atom. The average molecular weight is 140 g/mol. The molecule has 0 heterocycles. The maximum Gasteiger partial charge on any atom is 0.0359 e. The van der Waals surface area contributed by atoms with E-state index in [1.165, 1.54) is 0 Å². The minimum atomic E-state index is 0. The van der Waals surface area contributed by atoms with Gasteiger partial charge in [0.1, 0.15) is 0 Å². The molecule has 0 fully saturated rings. The molecule has 0 spiro atoms. The second kappa shape index (κ2) is 32.6. The Labute approximate surface area is 47.8 Å². The first kappa shape index (κ1) is 19.4. The fraction of sp³-hybridized carbons (Fsp3) is 0. The third kappa shape index (κ3) is 11.3. The van der Waals surface area contributed by atoms with Crippen molar-refractivity contribution in [2.45, 2.75) is 0 Å². The van der Waals surface area contributed by atoms with Crippen LogP contribution < -0.4 is 12.4 Å². The third-order valence-corrected chi connectivity index (χ3v) is 0. The third-order valence-electron chi connectivity index (χ3n) is 0. The molecule has 0 aromatic carbocycles. The predicted molar refractivity (Wildman–Crippen MR) is 11.2 cm³/mol. The zero-order valence-electron chi connectivity index (χ0n) is 1.84. The molecule has 0 bridgehead atoms. The summed E-state index contributed by atoms with van der Waals surface area (Å²) >= 11 is 4.39. The normalized spacial score (nSPS) is 1.50. The van der Waals surface area contributed by atoms with Gasteiger partial charge in [-0.3, -0.25) is 0 Å². The molecule has 3 heteroatoms. The Kier molecular flexibility index (Phi) is 158. The van der Waals surface area contributed by atoms with Gasteiger partial charge in [-0.2, -0.15) is 0 Å². The van der Waals surface area contributed by atoms with Gasteiger partial charge in [0.05, 0.1) is 0 Å². The topological polar surface area (TPSA) is 0 Å². The van der Waals surface area contributed by atoms with Crippen LogP contribution in [0.1, 0.15) is 0 Å². The minimum absolute atomic E-state index is 0. The van der Waals surface area contributed by atoms with Gasteiger partial charge in [0.15, 0.2) is 0 Å². The van der Waals surface area contributed by atoms with Gasteiger partial charge in [0, 0.05) is 23.5 Å². The van der Waals surface area contributed by atoms with E-state index in [1.807, 2.05) is 0 Å². The maximum absolute atomic E-state index is 4.39. The van der Waals surface area contributed by atoms with E-state index in [1.54, 1.807) is 0 Å². The van der Waals surface area contributed by atoms with Crippen LogP contribution in [-0.2, 0) is 17.1 Å². The SMILES string of the molecule is [CH2]Cl.[Cl-].[Mn]. The van der Waals surface area contributed by atoms with Crippen LogP contribution in [0, 0.1) is 6.38 Å². The van der Waals surface area contributed by atoms with Crippen molar-refractivity contribution >= 4 is 11.6 Å². The van der Waals surface area contributed by atoms with E-state index in [9.17, 15) is 0 Å². The second-order valence-electron chi connectivity index (χ2n) is 0. The summed E-state index contributed by atoms with van der Waals surface area (Å²) in [7, 11) is 0. The summed E-state index contributed by atoms with van der Waals surface area (Å²) in [6, 6.07) is 0. The van der Waals surface area contributed by atoms with Crippen LogP contribution in [0.3, 0.4) is 0 Å². The zero-order valence-corrected chi connectivity index (χ0v) is 4.53. The Balaban J connectivity index is -0.00000000500. The van der Waals surface area contributed by atoms with E-state index in [4.69, 9.17) is 0 Å². The van der Waals surface area contributed by atoms with Crippen molar-refractivity contribution in [2.75, 3.05) is 0 Å². The molecule has 0 saturated carbocycles. The smallest absolute Gasteiger partial charge is 0.0359 e. The molecule has 0 atom stereocenters. The summed E-state index contributed by atoms with van der Waals surface area (Å²) in [5.74, 6) is 0. The van der Waals surface area contributed by atoms with Gasteiger partial charge in [-0.15, -0.1) is 11.6 Å². The van der Waals surface area contributed by atoms with Crippen LogP contribution in [0.15, 0.2) is 0 Å². The Hall–Kier alpha value is 1.10. The number of hydrogen-bond donors (Lipinski definition) is 0. The summed E-state index contributed by atoms with van der Waals surface area (Å²) in [6.07, 6.45) is 2.72. The molecule has 0 rings (SSSR count). The van der Waals surface area contributed by atoms with Gasteiger partial charge in [-0.1, -0.05) is 0 Å². The molecule has 0 aromatic heterocycles. The van der Waals surface area contributed by atoms with Crippen molar-refractivity contribution in [1.82, 2.24) is 0 Å². The molecule has 2 radical (unpaired) electrons. The number of halogens is 2. The van der Waals surface area contributed by atoms with E-state index in [-0.39, 0.29) is 29.5 Å². The Morgan fingerprint density at radius 2 is 1.25 bits per heavy atom. The van der Waals surface area contributed by atoms with Crippen molar-refractivity contribution in [3.63, 3.8) is 0 Å². The molecule has 0 amide bonds. The summed E-state index contributed by atoms with van der Waals surface area (Å²) in [6.45, 7) is 0. The van der Waals surface area contributed by atoms with Gasteiger partial charge < -0.3 is 12.4 Å². The van der Waals surface area contributed by atoms with Crippen LogP contribution in [-0.4, -0.2) is 0 Å². The first-order valence-electron chi connectivity index (χ1n) is 0.267. The van der Waals surface area contributed by atoms with Crippen molar-refractivity contribution in [2.24, 2.45) is 0 Å². The molecule has 0 unspecified atom stereocenters. The van der Waals surface area contributed by atoms with E-state index in [0.29, 0.717) is 0 Å². The first-order chi connectivity index (χ1) is 1.00. The summed E-state index contributed by atoms with van der Waals surface area (Å²) in [5.41, 5.74) is 0. The molecule has 0 N–H and O–H groups in total. The Morgan fingerprint density at radius 1 is 1.25 bits per heavy atom. The van der Waals surface area contributed by atoms with Crippen molar-refractivity contribution in [3.05, 3.63) is 6.38 Å². The standard InChI is InChI=1S/CH2Cl.ClH.Mn/c1-2;;/h1H2;1H;/p-1. The summed E-state index contributed by atoms with van der Waals surface area (Å²) < 4.78 is 0. The number of rotatable bonds is 0. The molecular formula is CH2Cl2Mn-. The van der Waals surface area contributed by atoms with Gasteiger partial charge in [-0.25, -0.2) is 0 Å². The summed E-state index contributed by atoms with van der Waals surface area (Å²) in [4.78, 5) is 0. The predicted octanol–water partition coefficient (Wildman–Crippen LogP) is -1.98. The van der Waals surface area contributed by atoms with Crippen molar-refractivity contribution in [3.8, 4) is 0 Å². The number of hydrogen-bond acceptors (Lipinski definition) is 0. The monoisotopic (exact) mass is 139 g/mol. The minimum Gasteiger partial charge on any atom is -1.00 e. The Bertz CT molecular complexity index is 6.00. The van der Waals surface area contributed by atoms with Crippen molar-refractivity contribution < 1.29 is 29.5 Å². The second-order valence-corrected chi connectivity index (χ2v) is 0. The first-order valence-corrected chi connectivity index (χ1v) is 0.802. The van der Waals surface area contributed by atoms with Crippen LogP contribution in [0.4, 0.5) is 0 Å². The van der Waals surface area contributed by atoms with E-state index in [2.05, 4.69) is 18.0 Å². The van der Waals surface area contributed by atoms with Gasteiger partial charge >= 0.3 is 0 Å². The average Bonchev–Trinajstić information content (AvgIpc) is 1.00. The fourth-order valence-electron chi connectivity index (χ4n) is 0. The largest absolute Gasteiger partial charge is 1.00 e. The molecule has 28 valence electrons. The fourth-order valence-corrected chi connectivity index (χ4v) is 0. The van der Waals surface area contributed by atoms with Gasteiger partial charge in [0.2, 0.25) is 0 Å². The molecule has 0 saturated heterocycles.